The molecule has 1 aliphatic carbocycles. The molecule has 2 heterocycles. The Balaban J connectivity index is 1.63. The molecule has 6 heteroatoms. The minimum absolute atomic E-state index is 0.129. The highest BCUT2D eigenvalue weighted by molar-refractivity contribution is 7.16. The predicted molar refractivity (Wildman–Crippen MR) is 106 cm³/mol. The van der Waals surface area contributed by atoms with E-state index in [0.717, 1.165) is 31.2 Å². The number of carbonyl (C=O) groups is 1. The van der Waals surface area contributed by atoms with Crippen LogP contribution in [-0.4, -0.2) is 17.2 Å². The van der Waals surface area contributed by atoms with Crippen LogP contribution in [0, 0.1) is 0 Å². The van der Waals surface area contributed by atoms with Crippen LogP contribution in [0.25, 0.3) is 0 Å². The molecule has 2 N–H and O–H groups in total. The monoisotopic (exact) mass is 380 g/mol. The van der Waals surface area contributed by atoms with Gasteiger partial charge in [-0.3, -0.25) is 4.79 Å². The number of rotatable bonds is 5. The summed E-state index contributed by atoms with van der Waals surface area (Å²) in [4.78, 5) is 18.7. The number of amides is 1. The number of hydrogen-bond acceptors (Lipinski definition) is 5. The van der Waals surface area contributed by atoms with E-state index < -0.39 is 0 Å². The van der Waals surface area contributed by atoms with Crippen molar-refractivity contribution in [2.45, 2.75) is 32.2 Å². The SMILES string of the molecule is O=C(NCc1ccco1)c1c(N=Cc2ccccc2O)sc2c1CCCC2. The molecule has 0 atom stereocenters. The number of furan rings is 1. The van der Waals surface area contributed by atoms with Gasteiger partial charge in [-0.15, -0.1) is 11.3 Å². The molecule has 1 aliphatic rings. The van der Waals surface area contributed by atoms with E-state index >= 15 is 0 Å². The number of nitrogens with zero attached hydrogens (tertiary/aromatic N) is 1. The lowest BCUT2D eigenvalue weighted by atomic mass is 9.95. The van der Waals surface area contributed by atoms with Crippen LogP contribution in [0.4, 0.5) is 5.00 Å². The molecule has 3 aromatic rings. The molecule has 1 amide bonds. The Kier molecular flexibility index (Phi) is 5.07. The fourth-order valence-electron chi connectivity index (χ4n) is 3.27. The first-order valence-electron chi connectivity index (χ1n) is 8.99. The van der Waals surface area contributed by atoms with Crippen molar-refractivity contribution in [2.24, 2.45) is 4.99 Å². The van der Waals surface area contributed by atoms with E-state index in [9.17, 15) is 9.90 Å². The van der Waals surface area contributed by atoms with Crippen LogP contribution >= 0.6 is 11.3 Å². The molecular formula is C21H20N2O3S. The number of phenolic OH excluding ortho intramolecular Hbond substituents is 1. The Labute approximate surface area is 161 Å². The molecule has 4 rings (SSSR count). The maximum absolute atomic E-state index is 12.9. The van der Waals surface area contributed by atoms with E-state index in [1.165, 1.54) is 4.88 Å². The summed E-state index contributed by atoms with van der Waals surface area (Å²) in [5, 5.41) is 13.6. The molecule has 0 saturated heterocycles. The maximum Gasteiger partial charge on any atom is 0.255 e. The zero-order valence-corrected chi connectivity index (χ0v) is 15.6. The van der Waals surface area contributed by atoms with Gasteiger partial charge in [-0.05, 0) is 55.5 Å². The smallest absolute Gasteiger partial charge is 0.255 e. The number of para-hydroxylation sites is 1. The molecular weight excluding hydrogens is 360 g/mol. The van der Waals surface area contributed by atoms with Crippen LogP contribution in [0.3, 0.4) is 0 Å². The quantitative estimate of drug-likeness (QED) is 0.635. The zero-order chi connectivity index (χ0) is 18.6. The van der Waals surface area contributed by atoms with E-state index in [-0.39, 0.29) is 11.7 Å². The molecule has 5 nitrogen and oxygen atoms in total. The maximum atomic E-state index is 12.9. The number of nitrogens with one attached hydrogen (secondary N) is 1. The lowest BCUT2D eigenvalue weighted by Gasteiger charge is -2.12. The molecule has 27 heavy (non-hydrogen) atoms. The second kappa shape index (κ2) is 7.80. The zero-order valence-electron chi connectivity index (χ0n) is 14.8. The molecule has 0 aliphatic heterocycles. The van der Waals surface area contributed by atoms with Crippen LogP contribution in [0.15, 0.2) is 52.1 Å². The van der Waals surface area contributed by atoms with Gasteiger partial charge in [0.2, 0.25) is 0 Å². The third-order valence-electron chi connectivity index (χ3n) is 4.64. The van der Waals surface area contributed by atoms with Gasteiger partial charge >= 0.3 is 0 Å². The first-order chi connectivity index (χ1) is 13.2. The van der Waals surface area contributed by atoms with Crippen LogP contribution < -0.4 is 5.32 Å². The third-order valence-corrected chi connectivity index (χ3v) is 5.84. The van der Waals surface area contributed by atoms with Gasteiger partial charge in [0.05, 0.1) is 18.4 Å². The molecule has 1 aromatic carbocycles. The third kappa shape index (κ3) is 3.80. The highest BCUT2D eigenvalue weighted by atomic mass is 32.1. The topological polar surface area (TPSA) is 74.8 Å². The average molecular weight is 380 g/mol. The van der Waals surface area contributed by atoms with Gasteiger partial charge in [-0.2, -0.15) is 0 Å². The summed E-state index contributed by atoms with van der Waals surface area (Å²) in [6, 6.07) is 10.7. The molecule has 0 radical (unpaired) electrons. The average Bonchev–Trinajstić information content (AvgIpc) is 3.33. The second-order valence-corrected chi connectivity index (χ2v) is 7.55. The lowest BCUT2D eigenvalue weighted by Crippen LogP contribution is -2.23. The van der Waals surface area contributed by atoms with Crippen LogP contribution in [0.2, 0.25) is 0 Å². The van der Waals surface area contributed by atoms with Crippen molar-refractivity contribution < 1.29 is 14.3 Å². The van der Waals surface area contributed by atoms with E-state index in [4.69, 9.17) is 4.42 Å². The Bertz CT molecular complexity index is 973. The Hall–Kier alpha value is -2.86. The Morgan fingerprint density at radius 2 is 2.07 bits per heavy atom. The largest absolute Gasteiger partial charge is 0.507 e. The normalized spacial score (nSPS) is 13.6. The molecule has 0 fully saturated rings. The van der Waals surface area contributed by atoms with Crippen molar-refractivity contribution in [1.82, 2.24) is 5.32 Å². The molecule has 0 spiro atoms. The number of fused-ring (bicyclic) bond motifs is 1. The molecule has 0 bridgehead atoms. The van der Waals surface area contributed by atoms with Crippen molar-refractivity contribution in [3.05, 3.63) is 70.0 Å². The highest BCUT2D eigenvalue weighted by Crippen LogP contribution is 2.40. The van der Waals surface area contributed by atoms with Crippen LogP contribution in [-0.2, 0) is 19.4 Å². The van der Waals surface area contributed by atoms with E-state index in [1.54, 1.807) is 48.1 Å². The summed E-state index contributed by atoms with van der Waals surface area (Å²) in [6.45, 7) is 0.346. The van der Waals surface area contributed by atoms with E-state index in [0.29, 0.717) is 28.4 Å². The van der Waals surface area contributed by atoms with E-state index in [1.807, 2.05) is 12.1 Å². The van der Waals surface area contributed by atoms with Crippen LogP contribution in [0.5, 0.6) is 5.75 Å². The van der Waals surface area contributed by atoms with Gasteiger partial charge < -0.3 is 14.8 Å². The summed E-state index contributed by atoms with van der Waals surface area (Å²) >= 11 is 1.57. The van der Waals surface area contributed by atoms with E-state index in [2.05, 4.69) is 10.3 Å². The number of benzene rings is 1. The van der Waals surface area contributed by atoms with Gasteiger partial charge in [0, 0.05) is 16.7 Å². The van der Waals surface area contributed by atoms with Gasteiger partial charge in [-0.25, -0.2) is 4.99 Å². The number of aryl methyl sites for hydroxylation is 1. The summed E-state index contributed by atoms with van der Waals surface area (Å²) < 4.78 is 5.29. The first kappa shape index (κ1) is 17.5. The summed E-state index contributed by atoms with van der Waals surface area (Å²) in [7, 11) is 0. The fourth-order valence-corrected chi connectivity index (χ4v) is 4.50. The number of carbonyl (C=O) groups excluding carboxylic acids is 1. The number of thiophene rings is 1. The highest BCUT2D eigenvalue weighted by Gasteiger charge is 2.25. The molecule has 0 unspecified atom stereocenters. The van der Waals surface area contributed by atoms with Crippen molar-refractivity contribution in [3.8, 4) is 5.75 Å². The van der Waals surface area contributed by atoms with Gasteiger partial charge in [0.15, 0.2) is 0 Å². The predicted octanol–water partition coefficient (Wildman–Crippen LogP) is 4.61. The van der Waals surface area contributed by atoms with Gasteiger partial charge in [-0.1, -0.05) is 12.1 Å². The minimum Gasteiger partial charge on any atom is -0.507 e. The van der Waals surface area contributed by atoms with Crippen molar-refractivity contribution in [2.75, 3.05) is 0 Å². The summed E-state index contributed by atoms with van der Waals surface area (Å²) in [6.07, 6.45) is 7.34. The summed E-state index contributed by atoms with van der Waals surface area (Å²) in [5.41, 5.74) is 2.41. The standard InChI is InChI=1S/C21H20N2O3S/c24-17-9-3-1-6-14(17)12-23-21-19(16-8-2-4-10-18(16)27-21)20(25)22-13-15-7-5-11-26-15/h1,3,5-7,9,11-12,24H,2,4,8,10,13H2,(H,22,25). The van der Waals surface area contributed by atoms with Crippen LogP contribution in [0.1, 0.15) is 45.0 Å². The Morgan fingerprint density at radius 3 is 2.89 bits per heavy atom. The molecule has 2 aromatic heterocycles. The van der Waals surface area contributed by atoms with Gasteiger partial charge in [0.1, 0.15) is 16.5 Å². The Morgan fingerprint density at radius 1 is 1.22 bits per heavy atom. The van der Waals surface area contributed by atoms with Gasteiger partial charge in [0.25, 0.3) is 5.91 Å². The first-order valence-corrected chi connectivity index (χ1v) is 9.81. The number of aliphatic imine (C=N–C) groups is 1. The summed E-state index contributed by atoms with van der Waals surface area (Å²) in [5.74, 6) is 0.758. The minimum atomic E-state index is -0.129. The van der Waals surface area contributed by atoms with Crippen molar-refractivity contribution >= 4 is 28.5 Å². The number of aromatic hydroxyl groups is 1. The second-order valence-electron chi connectivity index (χ2n) is 6.47. The van der Waals surface area contributed by atoms with Crippen molar-refractivity contribution in [3.63, 3.8) is 0 Å². The number of hydrogen-bond donors (Lipinski definition) is 2. The lowest BCUT2D eigenvalue weighted by molar-refractivity contribution is 0.0948. The number of phenols is 1. The molecule has 138 valence electrons. The molecule has 0 saturated carbocycles. The van der Waals surface area contributed by atoms with Crippen molar-refractivity contribution in [1.29, 1.82) is 0 Å². The fraction of sp³-hybridized carbons (Fsp3) is 0.238.